The first-order chi connectivity index (χ1) is 12.1. The first-order valence-corrected chi connectivity index (χ1v) is 8.26. The second-order valence-corrected chi connectivity index (χ2v) is 6.44. The molecule has 130 valence electrons. The molecule has 8 heteroatoms. The summed E-state index contributed by atoms with van der Waals surface area (Å²) >= 11 is 0. The van der Waals surface area contributed by atoms with Crippen LogP contribution in [0.4, 0.5) is 5.69 Å². The topological polar surface area (TPSA) is 100 Å². The summed E-state index contributed by atoms with van der Waals surface area (Å²) in [7, 11) is 0. The van der Waals surface area contributed by atoms with Crippen LogP contribution in [0.5, 0.6) is 0 Å². The summed E-state index contributed by atoms with van der Waals surface area (Å²) in [5.74, 6) is 0. The Morgan fingerprint density at radius 1 is 1.36 bits per heavy atom. The van der Waals surface area contributed by atoms with Crippen molar-refractivity contribution in [3.8, 4) is 0 Å². The molecule has 8 nitrogen and oxygen atoms in total. The van der Waals surface area contributed by atoms with Crippen LogP contribution in [0.25, 0.3) is 10.9 Å². The first kappa shape index (κ1) is 15.8. The molecule has 0 spiro atoms. The molecule has 3 heterocycles. The zero-order valence-electron chi connectivity index (χ0n) is 13.6. The Hall–Kier alpha value is -2.71. The highest BCUT2D eigenvalue weighted by Gasteiger charge is 2.22. The molecule has 1 aliphatic rings. The highest BCUT2D eigenvalue weighted by molar-refractivity contribution is 5.84. The lowest BCUT2D eigenvalue weighted by atomic mass is 10.0. The van der Waals surface area contributed by atoms with Gasteiger partial charge in [-0.2, -0.15) is 5.10 Å². The first-order valence-electron chi connectivity index (χ1n) is 8.26. The zero-order valence-corrected chi connectivity index (χ0v) is 13.6. The maximum atomic E-state index is 10.7. The maximum Gasteiger partial charge on any atom is 0.306 e. The monoisotopic (exact) mass is 341 g/mol. The number of benzene rings is 1. The third kappa shape index (κ3) is 3.13. The molecule has 0 saturated carbocycles. The molecule has 2 aromatic heterocycles. The van der Waals surface area contributed by atoms with Gasteiger partial charge in [0.15, 0.2) is 0 Å². The standard InChI is InChI=1S/C17H19N5O3/c23-13(10-21-8-12(7-18-21)22(24)25)9-20-6-5-15-14-3-1-2-4-16(14)19-17(15)11-20/h1-4,7-8,13,19,23H,5-6,9-11H2. The number of β-amino-alcohol motifs (C(OH)–C–C–N with tert-alkyl or cyclic N) is 1. The van der Waals surface area contributed by atoms with E-state index in [1.807, 2.05) is 6.07 Å². The Morgan fingerprint density at radius 2 is 2.20 bits per heavy atom. The average molecular weight is 341 g/mol. The Balaban J connectivity index is 1.40. The second kappa shape index (κ2) is 6.30. The smallest absolute Gasteiger partial charge is 0.306 e. The molecule has 1 unspecified atom stereocenters. The van der Waals surface area contributed by atoms with Gasteiger partial charge in [0.05, 0.1) is 17.6 Å². The molecule has 1 aliphatic heterocycles. The SMILES string of the molecule is O=[N+]([O-])c1cnn(CC(O)CN2CCc3c([nH]c4ccccc34)C2)c1. The largest absolute Gasteiger partial charge is 0.390 e. The quantitative estimate of drug-likeness (QED) is 0.543. The number of rotatable bonds is 5. The molecular formula is C17H19N5O3. The molecule has 0 saturated heterocycles. The number of nitrogens with one attached hydrogen (secondary N) is 1. The van der Waals surface area contributed by atoms with Gasteiger partial charge in [-0.25, -0.2) is 0 Å². The predicted octanol–water partition coefficient (Wildman–Crippen LogP) is 1.69. The van der Waals surface area contributed by atoms with Crippen LogP contribution < -0.4 is 0 Å². The summed E-state index contributed by atoms with van der Waals surface area (Å²) in [6.45, 7) is 2.39. The van der Waals surface area contributed by atoms with E-state index in [2.05, 4.69) is 33.2 Å². The normalized spacial score (nSPS) is 16.0. The van der Waals surface area contributed by atoms with E-state index in [1.165, 1.54) is 33.7 Å². The number of nitrogens with zero attached hydrogens (tertiary/aromatic N) is 4. The molecular weight excluding hydrogens is 322 g/mol. The van der Waals surface area contributed by atoms with Crippen molar-refractivity contribution >= 4 is 16.6 Å². The van der Waals surface area contributed by atoms with Gasteiger partial charge in [-0.1, -0.05) is 18.2 Å². The third-order valence-electron chi connectivity index (χ3n) is 4.66. The average Bonchev–Trinajstić information content (AvgIpc) is 3.18. The van der Waals surface area contributed by atoms with Gasteiger partial charge in [-0.3, -0.25) is 19.7 Å². The van der Waals surface area contributed by atoms with E-state index < -0.39 is 11.0 Å². The fraction of sp³-hybridized carbons (Fsp3) is 0.353. The van der Waals surface area contributed by atoms with Crippen molar-refractivity contribution < 1.29 is 10.0 Å². The molecule has 0 fully saturated rings. The van der Waals surface area contributed by atoms with Crippen LogP contribution in [-0.4, -0.2) is 48.9 Å². The van der Waals surface area contributed by atoms with Gasteiger partial charge in [0.2, 0.25) is 0 Å². The lowest BCUT2D eigenvalue weighted by Gasteiger charge is -2.28. The number of aliphatic hydroxyl groups excluding tert-OH is 1. The van der Waals surface area contributed by atoms with Crippen LogP contribution in [0.3, 0.4) is 0 Å². The van der Waals surface area contributed by atoms with Gasteiger partial charge in [0.1, 0.15) is 12.4 Å². The van der Waals surface area contributed by atoms with Crippen LogP contribution in [-0.2, 0) is 19.5 Å². The van der Waals surface area contributed by atoms with Crippen molar-refractivity contribution in [1.82, 2.24) is 19.7 Å². The number of nitro groups is 1. The number of fused-ring (bicyclic) bond motifs is 3. The fourth-order valence-electron chi connectivity index (χ4n) is 3.52. The number of aromatic nitrogens is 3. The second-order valence-electron chi connectivity index (χ2n) is 6.44. The van der Waals surface area contributed by atoms with Crippen molar-refractivity contribution in [2.45, 2.75) is 25.6 Å². The van der Waals surface area contributed by atoms with E-state index in [4.69, 9.17) is 0 Å². The van der Waals surface area contributed by atoms with E-state index in [9.17, 15) is 15.2 Å². The van der Waals surface area contributed by atoms with Crippen molar-refractivity contribution in [3.05, 3.63) is 58.0 Å². The molecule has 0 aliphatic carbocycles. The van der Waals surface area contributed by atoms with Crippen LogP contribution in [0.15, 0.2) is 36.7 Å². The van der Waals surface area contributed by atoms with E-state index in [0.29, 0.717) is 6.54 Å². The minimum Gasteiger partial charge on any atom is -0.390 e. The molecule has 0 radical (unpaired) electrons. The summed E-state index contributed by atoms with van der Waals surface area (Å²) in [6, 6.07) is 8.29. The number of aromatic amines is 1. The zero-order chi connectivity index (χ0) is 17.4. The number of aliphatic hydroxyl groups is 1. The van der Waals surface area contributed by atoms with Gasteiger partial charge >= 0.3 is 5.69 Å². The van der Waals surface area contributed by atoms with Crippen molar-refractivity contribution in [2.24, 2.45) is 0 Å². The van der Waals surface area contributed by atoms with Gasteiger partial charge in [-0.05, 0) is 18.1 Å². The van der Waals surface area contributed by atoms with Crippen molar-refractivity contribution in [1.29, 1.82) is 0 Å². The van der Waals surface area contributed by atoms with Crippen molar-refractivity contribution in [2.75, 3.05) is 13.1 Å². The minimum atomic E-state index is -0.634. The summed E-state index contributed by atoms with van der Waals surface area (Å²) in [5.41, 5.74) is 3.66. The molecule has 0 bridgehead atoms. The maximum absolute atomic E-state index is 10.7. The van der Waals surface area contributed by atoms with E-state index in [1.54, 1.807) is 0 Å². The van der Waals surface area contributed by atoms with Crippen LogP contribution in [0, 0.1) is 10.1 Å². The molecule has 1 aromatic carbocycles. The summed E-state index contributed by atoms with van der Waals surface area (Å²) in [4.78, 5) is 15.9. The predicted molar refractivity (Wildman–Crippen MR) is 92.2 cm³/mol. The molecule has 2 N–H and O–H groups in total. The Kier molecular flexibility index (Phi) is 3.98. The van der Waals surface area contributed by atoms with Gasteiger partial charge in [0, 0.05) is 36.2 Å². The van der Waals surface area contributed by atoms with E-state index in [-0.39, 0.29) is 12.2 Å². The highest BCUT2D eigenvalue weighted by atomic mass is 16.6. The van der Waals surface area contributed by atoms with E-state index >= 15 is 0 Å². The fourth-order valence-corrected chi connectivity index (χ4v) is 3.52. The Bertz CT molecular complexity index is 916. The van der Waals surface area contributed by atoms with Crippen LogP contribution >= 0.6 is 0 Å². The lowest BCUT2D eigenvalue weighted by molar-refractivity contribution is -0.385. The van der Waals surface area contributed by atoms with Gasteiger partial charge in [0.25, 0.3) is 0 Å². The third-order valence-corrected chi connectivity index (χ3v) is 4.66. The van der Waals surface area contributed by atoms with Crippen LogP contribution in [0.2, 0.25) is 0 Å². The summed E-state index contributed by atoms with van der Waals surface area (Å²) < 4.78 is 1.42. The molecule has 4 rings (SSSR count). The van der Waals surface area contributed by atoms with Crippen LogP contribution in [0.1, 0.15) is 11.3 Å². The minimum absolute atomic E-state index is 0.0621. The Labute approximate surface area is 143 Å². The lowest BCUT2D eigenvalue weighted by Crippen LogP contribution is -2.38. The molecule has 0 amide bonds. The number of H-pyrrole nitrogens is 1. The number of para-hydroxylation sites is 1. The number of hydrogen-bond acceptors (Lipinski definition) is 5. The number of hydrogen-bond donors (Lipinski definition) is 2. The van der Waals surface area contributed by atoms with E-state index in [0.717, 1.165) is 25.0 Å². The van der Waals surface area contributed by atoms with Gasteiger partial charge in [-0.15, -0.1) is 0 Å². The Morgan fingerprint density at radius 3 is 3.00 bits per heavy atom. The highest BCUT2D eigenvalue weighted by Crippen LogP contribution is 2.27. The molecule has 3 aromatic rings. The van der Waals surface area contributed by atoms with Crippen molar-refractivity contribution in [3.63, 3.8) is 0 Å². The van der Waals surface area contributed by atoms with Gasteiger partial charge < -0.3 is 10.1 Å². The molecule has 1 atom stereocenters. The summed E-state index contributed by atoms with van der Waals surface area (Å²) in [6.07, 6.45) is 2.85. The summed E-state index contributed by atoms with van der Waals surface area (Å²) in [5, 5.41) is 26.2. The molecule has 25 heavy (non-hydrogen) atoms.